The van der Waals surface area contributed by atoms with Gasteiger partial charge in [-0.1, -0.05) is 6.07 Å². The minimum Gasteiger partial charge on any atom is -0.496 e. The first kappa shape index (κ1) is 12.5. The second kappa shape index (κ2) is 6.11. The lowest BCUT2D eigenvalue weighted by Crippen LogP contribution is -2.24. The molecule has 4 nitrogen and oxygen atoms in total. The summed E-state index contributed by atoms with van der Waals surface area (Å²) in [6.07, 6.45) is 1.43. The van der Waals surface area contributed by atoms with E-state index in [0.29, 0.717) is 17.7 Å². The largest absolute Gasteiger partial charge is 0.496 e. The molecule has 0 amide bonds. The van der Waals surface area contributed by atoms with Crippen molar-refractivity contribution < 1.29 is 9.84 Å². The second-order valence-electron chi connectivity index (χ2n) is 3.62. The molecule has 1 aromatic rings. The third kappa shape index (κ3) is 3.23. The second-order valence-corrected chi connectivity index (χ2v) is 3.62. The molecular formula is C12H16N2O2. The molecule has 0 aromatic heterocycles. The normalized spacial score (nSPS) is 11.9. The highest BCUT2D eigenvalue weighted by molar-refractivity contribution is 5.42. The van der Waals surface area contributed by atoms with E-state index in [0.717, 1.165) is 12.0 Å². The lowest BCUT2D eigenvalue weighted by atomic mass is 10.0. The van der Waals surface area contributed by atoms with Crippen LogP contribution in [0.4, 0.5) is 0 Å². The number of aliphatic hydroxyl groups excluding tert-OH is 1. The molecule has 0 spiro atoms. The summed E-state index contributed by atoms with van der Waals surface area (Å²) in [6, 6.07) is 7.18. The van der Waals surface area contributed by atoms with Crippen LogP contribution < -0.4 is 10.5 Å². The van der Waals surface area contributed by atoms with E-state index in [9.17, 15) is 0 Å². The summed E-state index contributed by atoms with van der Waals surface area (Å²) in [5, 5.41) is 17.6. The van der Waals surface area contributed by atoms with Crippen LogP contribution in [0.5, 0.6) is 5.75 Å². The van der Waals surface area contributed by atoms with Crippen molar-refractivity contribution in [3.05, 3.63) is 29.3 Å². The number of ether oxygens (including phenoxy) is 1. The highest BCUT2D eigenvalue weighted by Crippen LogP contribution is 2.21. The van der Waals surface area contributed by atoms with Crippen LogP contribution in [-0.2, 0) is 6.42 Å². The van der Waals surface area contributed by atoms with Crippen LogP contribution in [0.15, 0.2) is 18.2 Å². The standard InChI is InChI=1S/C12H16N2O2/c1-16-12-6-9(7-13)2-3-10(12)4-5-11(14)8-15/h2-3,6,11,15H,4-5,8,14H2,1H3/t11-/m1/s1. The third-order valence-electron chi connectivity index (χ3n) is 2.44. The molecule has 1 atom stereocenters. The van der Waals surface area contributed by atoms with E-state index in [1.54, 1.807) is 19.2 Å². The maximum atomic E-state index is 8.82. The molecule has 1 aromatic carbocycles. The van der Waals surface area contributed by atoms with Gasteiger partial charge in [-0.2, -0.15) is 5.26 Å². The topological polar surface area (TPSA) is 79.3 Å². The van der Waals surface area contributed by atoms with E-state index in [1.807, 2.05) is 6.07 Å². The van der Waals surface area contributed by atoms with Crippen molar-refractivity contribution >= 4 is 0 Å². The van der Waals surface area contributed by atoms with Gasteiger partial charge in [0.2, 0.25) is 0 Å². The Morgan fingerprint density at radius 1 is 1.56 bits per heavy atom. The summed E-state index contributed by atoms with van der Waals surface area (Å²) in [5.41, 5.74) is 7.21. The number of nitrogens with two attached hydrogens (primary N) is 1. The smallest absolute Gasteiger partial charge is 0.123 e. The number of rotatable bonds is 5. The Morgan fingerprint density at radius 2 is 2.31 bits per heavy atom. The average Bonchev–Trinajstić information content (AvgIpc) is 2.35. The lowest BCUT2D eigenvalue weighted by Gasteiger charge is -2.11. The van der Waals surface area contributed by atoms with Gasteiger partial charge in [0.05, 0.1) is 25.3 Å². The van der Waals surface area contributed by atoms with Crippen LogP contribution in [0.3, 0.4) is 0 Å². The molecule has 0 aliphatic rings. The Morgan fingerprint density at radius 3 is 2.88 bits per heavy atom. The van der Waals surface area contributed by atoms with Crippen LogP contribution in [0.1, 0.15) is 17.5 Å². The highest BCUT2D eigenvalue weighted by atomic mass is 16.5. The van der Waals surface area contributed by atoms with Gasteiger partial charge in [0.1, 0.15) is 5.75 Å². The molecule has 1 rings (SSSR count). The van der Waals surface area contributed by atoms with Crippen LogP contribution in [0.2, 0.25) is 0 Å². The molecule has 3 N–H and O–H groups in total. The fourth-order valence-electron chi connectivity index (χ4n) is 1.45. The third-order valence-corrected chi connectivity index (χ3v) is 2.44. The summed E-state index contributed by atoms with van der Waals surface area (Å²) in [6.45, 7) is -0.0153. The number of nitrogens with zero attached hydrogens (tertiary/aromatic N) is 1. The number of hydrogen-bond acceptors (Lipinski definition) is 4. The quantitative estimate of drug-likeness (QED) is 0.770. The zero-order chi connectivity index (χ0) is 12.0. The average molecular weight is 220 g/mol. The minimum absolute atomic E-state index is 0.0153. The molecule has 0 aliphatic heterocycles. The number of hydrogen-bond donors (Lipinski definition) is 2. The van der Waals surface area contributed by atoms with E-state index in [4.69, 9.17) is 20.8 Å². The molecule has 0 unspecified atom stereocenters. The van der Waals surface area contributed by atoms with Crippen molar-refractivity contribution in [1.82, 2.24) is 0 Å². The highest BCUT2D eigenvalue weighted by Gasteiger charge is 2.07. The Hall–Kier alpha value is -1.57. The van der Waals surface area contributed by atoms with Gasteiger partial charge in [-0.25, -0.2) is 0 Å². The van der Waals surface area contributed by atoms with Gasteiger partial charge in [-0.15, -0.1) is 0 Å². The van der Waals surface area contributed by atoms with Crippen LogP contribution >= 0.6 is 0 Å². The summed E-state index contributed by atoms with van der Waals surface area (Å²) in [7, 11) is 1.58. The Labute approximate surface area is 95.3 Å². The lowest BCUT2D eigenvalue weighted by molar-refractivity contribution is 0.260. The first-order valence-corrected chi connectivity index (χ1v) is 5.14. The van der Waals surface area contributed by atoms with E-state index in [1.165, 1.54) is 0 Å². The summed E-state index contributed by atoms with van der Waals surface area (Å²) < 4.78 is 5.20. The Balaban J connectivity index is 2.76. The molecule has 0 saturated carbocycles. The van der Waals surface area contributed by atoms with Crippen LogP contribution in [-0.4, -0.2) is 24.9 Å². The van der Waals surface area contributed by atoms with Crippen molar-refractivity contribution in [1.29, 1.82) is 5.26 Å². The number of benzene rings is 1. The van der Waals surface area contributed by atoms with Crippen molar-refractivity contribution in [2.24, 2.45) is 5.73 Å². The molecule has 0 fully saturated rings. The predicted molar refractivity (Wildman–Crippen MR) is 61.1 cm³/mol. The fourth-order valence-corrected chi connectivity index (χ4v) is 1.45. The molecular weight excluding hydrogens is 204 g/mol. The maximum absolute atomic E-state index is 8.82. The molecule has 0 radical (unpaired) electrons. The molecule has 0 saturated heterocycles. The van der Waals surface area contributed by atoms with Gasteiger partial charge in [-0.05, 0) is 30.5 Å². The van der Waals surface area contributed by atoms with E-state index >= 15 is 0 Å². The van der Waals surface area contributed by atoms with E-state index in [-0.39, 0.29) is 12.6 Å². The van der Waals surface area contributed by atoms with Crippen molar-refractivity contribution in [2.75, 3.05) is 13.7 Å². The van der Waals surface area contributed by atoms with Gasteiger partial charge >= 0.3 is 0 Å². The first-order chi connectivity index (χ1) is 7.71. The fraction of sp³-hybridized carbons (Fsp3) is 0.417. The van der Waals surface area contributed by atoms with Gasteiger partial charge in [0.25, 0.3) is 0 Å². The molecule has 0 aliphatic carbocycles. The SMILES string of the molecule is COc1cc(C#N)ccc1CC[C@@H](N)CO. The molecule has 16 heavy (non-hydrogen) atoms. The number of nitriles is 1. The van der Waals surface area contributed by atoms with Crippen molar-refractivity contribution in [2.45, 2.75) is 18.9 Å². The maximum Gasteiger partial charge on any atom is 0.123 e. The van der Waals surface area contributed by atoms with Gasteiger partial charge in [0.15, 0.2) is 0 Å². The van der Waals surface area contributed by atoms with Crippen molar-refractivity contribution in [3.8, 4) is 11.8 Å². The summed E-state index contributed by atoms with van der Waals surface area (Å²) in [4.78, 5) is 0. The molecule has 0 heterocycles. The number of aryl methyl sites for hydroxylation is 1. The van der Waals surface area contributed by atoms with Crippen molar-refractivity contribution in [3.63, 3.8) is 0 Å². The van der Waals surface area contributed by atoms with Gasteiger partial charge < -0.3 is 15.6 Å². The molecule has 86 valence electrons. The van der Waals surface area contributed by atoms with Gasteiger partial charge in [-0.3, -0.25) is 0 Å². The van der Waals surface area contributed by atoms with Crippen LogP contribution in [0, 0.1) is 11.3 Å². The molecule has 4 heteroatoms. The molecule has 0 bridgehead atoms. The summed E-state index contributed by atoms with van der Waals surface area (Å²) >= 11 is 0. The van der Waals surface area contributed by atoms with E-state index < -0.39 is 0 Å². The minimum atomic E-state index is -0.208. The predicted octanol–water partition coefficient (Wildman–Crippen LogP) is 0.819. The zero-order valence-corrected chi connectivity index (χ0v) is 9.31. The monoisotopic (exact) mass is 220 g/mol. The zero-order valence-electron chi connectivity index (χ0n) is 9.31. The summed E-state index contributed by atoms with van der Waals surface area (Å²) in [5.74, 6) is 0.698. The van der Waals surface area contributed by atoms with Crippen LogP contribution in [0.25, 0.3) is 0 Å². The Kier molecular flexibility index (Phi) is 4.77. The number of aliphatic hydroxyl groups is 1. The first-order valence-electron chi connectivity index (χ1n) is 5.14. The van der Waals surface area contributed by atoms with E-state index in [2.05, 4.69) is 6.07 Å². The number of methoxy groups -OCH3 is 1. The Bertz CT molecular complexity index is 385. The van der Waals surface area contributed by atoms with Gasteiger partial charge in [0, 0.05) is 6.04 Å².